The number of nitro groups is 1. The number of non-ortho nitro benzene ring substituents is 1. The maximum atomic E-state index is 12.7. The predicted octanol–water partition coefficient (Wildman–Crippen LogP) is 2.53. The van der Waals surface area contributed by atoms with E-state index in [4.69, 9.17) is 9.47 Å². The Morgan fingerprint density at radius 2 is 2.07 bits per heavy atom. The summed E-state index contributed by atoms with van der Waals surface area (Å²) in [5.74, 6) is -0.605. The lowest BCUT2D eigenvalue weighted by atomic mass is 9.94. The number of ether oxygens (including phenoxy) is 2. The summed E-state index contributed by atoms with van der Waals surface area (Å²) in [6.45, 7) is 5.61. The lowest BCUT2D eigenvalue weighted by molar-refractivity contribution is -0.384. The number of benzene rings is 1. The Morgan fingerprint density at radius 1 is 1.37 bits per heavy atom. The van der Waals surface area contributed by atoms with Gasteiger partial charge in [-0.25, -0.2) is 9.59 Å². The molecular weight excluding hydrogens is 354 g/mol. The van der Waals surface area contributed by atoms with Crippen molar-refractivity contribution in [1.82, 2.24) is 10.2 Å². The van der Waals surface area contributed by atoms with Crippen LogP contribution >= 0.6 is 0 Å². The molecule has 2 rings (SSSR count). The van der Waals surface area contributed by atoms with E-state index >= 15 is 0 Å². The first-order valence-electron chi connectivity index (χ1n) is 8.48. The Kier molecular flexibility index (Phi) is 6.51. The van der Waals surface area contributed by atoms with E-state index in [2.05, 4.69) is 5.32 Å². The SMILES string of the molecule is COCCOC(=O)C1=C(C)N(C(C)C)C(=O)N[C@H]1c1cccc([N+](=O)[O-])c1. The molecule has 0 saturated carbocycles. The molecule has 0 unspecified atom stereocenters. The van der Waals surface area contributed by atoms with Gasteiger partial charge in [0.05, 0.1) is 23.1 Å². The van der Waals surface area contributed by atoms with Crippen molar-refractivity contribution in [2.24, 2.45) is 0 Å². The number of hydrogen-bond donors (Lipinski definition) is 1. The topological polar surface area (TPSA) is 111 Å². The van der Waals surface area contributed by atoms with Crippen molar-refractivity contribution in [2.75, 3.05) is 20.3 Å². The zero-order valence-corrected chi connectivity index (χ0v) is 15.7. The van der Waals surface area contributed by atoms with Crippen LogP contribution in [-0.2, 0) is 14.3 Å². The number of rotatable bonds is 7. The van der Waals surface area contributed by atoms with Gasteiger partial charge in [-0.1, -0.05) is 12.1 Å². The first-order valence-corrected chi connectivity index (χ1v) is 8.48. The molecule has 146 valence electrons. The van der Waals surface area contributed by atoms with E-state index < -0.39 is 16.9 Å². The summed E-state index contributed by atoms with van der Waals surface area (Å²) in [6, 6.07) is 4.41. The second kappa shape index (κ2) is 8.63. The number of esters is 1. The molecule has 1 atom stereocenters. The molecule has 0 fully saturated rings. The van der Waals surface area contributed by atoms with Crippen LogP contribution in [0.15, 0.2) is 35.5 Å². The maximum absolute atomic E-state index is 12.7. The average Bonchev–Trinajstić information content (AvgIpc) is 2.61. The minimum Gasteiger partial charge on any atom is -0.460 e. The first kappa shape index (κ1) is 20.4. The van der Waals surface area contributed by atoms with E-state index in [9.17, 15) is 19.7 Å². The van der Waals surface area contributed by atoms with Crippen molar-refractivity contribution < 1.29 is 24.0 Å². The number of nitro benzene ring substituents is 1. The number of urea groups is 1. The molecule has 1 aromatic rings. The Balaban J connectivity index is 2.50. The summed E-state index contributed by atoms with van der Waals surface area (Å²) >= 11 is 0. The van der Waals surface area contributed by atoms with Crippen LogP contribution in [0, 0.1) is 10.1 Å². The van der Waals surface area contributed by atoms with Crippen molar-refractivity contribution in [3.05, 3.63) is 51.2 Å². The van der Waals surface area contributed by atoms with Crippen LogP contribution in [0.2, 0.25) is 0 Å². The van der Waals surface area contributed by atoms with Gasteiger partial charge in [0.15, 0.2) is 0 Å². The summed E-state index contributed by atoms with van der Waals surface area (Å²) < 4.78 is 10.1. The second-order valence-electron chi connectivity index (χ2n) is 6.33. The highest BCUT2D eigenvalue weighted by Crippen LogP contribution is 2.33. The molecule has 9 heteroatoms. The number of nitrogens with zero attached hydrogens (tertiary/aromatic N) is 2. The van der Waals surface area contributed by atoms with Crippen molar-refractivity contribution in [2.45, 2.75) is 32.9 Å². The summed E-state index contributed by atoms with van der Waals surface area (Å²) in [4.78, 5) is 37.3. The van der Waals surface area contributed by atoms with Gasteiger partial charge in [-0.2, -0.15) is 0 Å². The fraction of sp³-hybridized carbons (Fsp3) is 0.444. The van der Waals surface area contributed by atoms with Gasteiger partial charge >= 0.3 is 12.0 Å². The average molecular weight is 377 g/mol. The van der Waals surface area contributed by atoms with E-state index in [0.717, 1.165) is 0 Å². The molecule has 0 aromatic heterocycles. The Bertz CT molecular complexity index is 774. The van der Waals surface area contributed by atoms with Crippen LogP contribution in [0.1, 0.15) is 32.4 Å². The van der Waals surface area contributed by atoms with Crippen LogP contribution < -0.4 is 5.32 Å². The van der Waals surface area contributed by atoms with Gasteiger partial charge in [0.2, 0.25) is 0 Å². The smallest absolute Gasteiger partial charge is 0.338 e. The van der Waals surface area contributed by atoms with Crippen LogP contribution in [0.3, 0.4) is 0 Å². The molecule has 0 aliphatic carbocycles. The summed E-state index contributed by atoms with van der Waals surface area (Å²) in [7, 11) is 1.49. The molecule has 1 aliphatic heterocycles. The minimum atomic E-state index is -0.845. The van der Waals surface area contributed by atoms with Gasteiger partial charge in [0.25, 0.3) is 5.69 Å². The first-order chi connectivity index (χ1) is 12.8. The molecule has 1 aliphatic rings. The highest BCUT2D eigenvalue weighted by Gasteiger charge is 2.37. The van der Waals surface area contributed by atoms with Crippen molar-refractivity contribution in [3.63, 3.8) is 0 Å². The summed E-state index contributed by atoms with van der Waals surface area (Å²) in [5.41, 5.74) is 0.990. The third kappa shape index (κ3) is 4.43. The fourth-order valence-electron chi connectivity index (χ4n) is 3.01. The van der Waals surface area contributed by atoms with Crippen molar-refractivity contribution >= 4 is 17.7 Å². The molecule has 1 N–H and O–H groups in total. The zero-order chi connectivity index (χ0) is 20.1. The van der Waals surface area contributed by atoms with Crippen molar-refractivity contribution in [1.29, 1.82) is 0 Å². The van der Waals surface area contributed by atoms with Crippen LogP contribution in [-0.4, -0.2) is 48.2 Å². The van der Waals surface area contributed by atoms with E-state index in [1.54, 1.807) is 13.0 Å². The number of carbonyl (C=O) groups excluding carboxylic acids is 2. The van der Waals surface area contributed by atoms with Gasteiger partial charge in [-0.05, 0) is 26.3 Å². The standard InChI is InChI=1S/C18H23N3O6/c1-11(2)20-12(3)15(17(22)27-9-8-26-4)16(19-18(20)23)13-6-5-7-14(10-13)21(24)25/h5-7,10-11,16H,8-9H2,1-4H3,(H,19,23)/t16-/m0/s1. The maximum Gasteiger partial charge on any atom is 0.338 e. The molecule has 2 amide bonds. The van der Waals surface area contributed by atoms with Gasteiger partial charge in [0.1, 0.15) is 6.61 Å². The summed E-state index contributed by atoms with van der Waals surface area (Å²) in [6.07, 6.45) is 0. The largest absolute Gasteiger partial charge is 0.460 e. The zero-order valence-electron chi connectivity index (χ0n) is 15.7. The molecule has 9 nitrogen and oxygen atoms in total. The quantitative estimate of drug-likeness (QED) is 0.338. The van der Waals surface area contributed by atoms with E-state index in [1.165, 1.54) is 30.2 Å². The summed E-state index contributed by atoms with van der Waals surface area (Å²) in [5, 5.41) is 13.8. The number of methoxy groups -OCH3 is 1. The number of allylic oxidation sites excluding steroid dienone is 1. The third-order valence-electron chi connectivity index (χ3n) is 4.20. The van der Waals surface area contributed by atoms with Gasteiger partial charge in [0, 0.05) is 31.0 Å². The van der Waals surface area contributed by atoms with E-state index in [1.807, 2.05) is 13.8 Å². The van der Waals surface area contributed by atoms with Gasteiger partial charge in [-0.3, -0.25) is 15.0 Å². The van der Waals surface area contributed by atoms with Crippen LogP contribution in [0.5, 0.6) is 0 Å². The highest BCUT2D eigenvalue weighted by molar-refractivity contribution is 5.95. The molecule has 0 saturated heterocycles. The fourth-order valence-corrected chi connectivity index (χ4v) is 3.01. The number of carbonyl (C=O) groups is 2. The number of nitrogens with one attached hydrogen (secondary N) is 1. The van der Waals surface area contributed by atoms with Crippen molar-refractivity contribution in [3.8, 4) is 0 Å². The molecule has 0 bridgehead atoms. The van der Waals surface area contributed by atoms with Crippen LogP contribution in [0.25, 0.3) is 0 Å². The Morgan fingerprint density at radius 3 is 2.67 bits per heavy atom. The van der Waals surface area contributed by atoms with E-state index in [-0.39, 0.29) is 36.5 Å². The molecule has 0 radical (unpaired) electrons. The Labute approximate surface area is 157 Å². The second-order valence-corrected chi connectivity index (χ2v) is 6.33. The molecule has 1 aromatic carbocycles. The highest BCUT2D eigenvalue weighted by atomic mass is 16.6. The molecule has 1 heterocycles. The number of hydrogen-bond acceptors (Lipinski definition) is 6. The van der Waals surface area contributed by atoms with E-state index in [0.29, 0.717) is 11.3 Å². The number of amides is 2. The molecular formula is C18H23N3O6. The lowest BCUT2D eigenvalue weighted by Gasteiger charge is -2.37. The van der Waals surface area contributed by atoms with Gasteiger partial charge in [-0.15, -0.1) is 0 Å². The molecule has 0 spiro atoms. The normalized spacial score (nSPS) is 17.1. The molecule has 27 heavy (non-hydrogen) atoms. The predicted molar refractivity (Wildman–Crippen MR) is 96.9 cm³/mol. The Hall–Kier alpha value is -2.94. The lowest BCUT2D eigenvalue weighted by Crippen LogP contribution is -2.50. The third-order valence-corrected chi connectivity index (χ3v) is 4.20. The minimum absolute atomic E-state index is 0.0589. The van der Waals surface area contributed by atoms with Crippen LogP contribution in [0.4, 0.5) is 10.5 Å². The van der Waals surface area contributed by atoms with Gasteiger partial charge < -0.3 is 14.8 Å². The monoisotopic (exact) mass is 377 g/mol.